The molecule has 0 spiro atoms. The smallest absolute Gasteiger partial charge is 0.312 e. The van der Waals surface area contributed by atoms with E-state index in [-0.39, 0.29) is 5.69 Å². The van der Waals surface area contributed by atoms with Gasteiger partial charge >= 0.3 is 11.4 Å². The highest BCUT2D eigenvalue weighted by atomic mass is 19.1. The Labute approximate surface area is 88.1 Å². The third-order valence-electron chi connectivity index (χ3n) is 2.05. The maximum Gasteiger partial charge on any atom is 0.330 e. The maximum atomic E-state index is 13.0. The van der Waals surface area contributed by atoms with E-state index in [4.69, 9.17) is 0 Å². The summed E-state index contributed by atoms with van der Waals surface area (Å²) in [5.41, 5.74) is -0.870. The molecule has 2 aromatic rings. The van der Waals surface area contributed by atoms with Crippen molar-refractivity contribution in [1.82, 2.24) is 9.55 Å². The Morgan fingerprint density at radius 3 is 2.75 bits per heavy atom. The van der Waals surface area contributed by atoms with Gasteiger partial charge in [0.25, 0.3) is 0 Å². The van der Waals surface area contributed by atoms with Gasteiger partial charge in [0.05, 0.1) is 10.6 Å². The summed E-state index contributed by atoms with van der Waals surface area (Å²) in [6.07, 6.45) is 2.79. The van der Waals surface area contributed by atoms with Gasteiger partial charge in [0.15, 0.2) is 0 Å². The summed E-state index contributed by atoms with van der Waals surface area (Å²) >= 11 is 0. The van der Waals surface area contributed by atoms with Gasteiger partial charge in [-0.2, -0.15) is 4.39 Å². The van der Waals surface area contributed by atoms with Crippen LogP contribution in [0.4, 0.5) is 10.1 Å². The van der Waals surface area contributed by atoms with E-state index in [2.05, 4.69) is 4.98 Å². The lowest BCUT2D eigenvalue weighted by Gasteiger charge is -2.00. The molecule has 0 saturated carbocycles. The topological polar surface area (TPSA) is 80.9 Å². The van der Waals surface area contributed by atoms with Gasteiger partial charge in [-0.25, -0.2) is 4.79 Å². The van der Waals surface area contributed by atoms with Gasteiger partial charge in [0.1, 0.15) is 0 Å². The standard InChI is InChI=1S/C9H6FN3O3/c10-7-2-1-6(5-8(7)13(15)16)12-4-3-11-9(12)14/h1-5H,(H,11,14). The minimum Gasteiger partial charge on any atom is -0.312 e. The Kier molecular flexibility index (Phi) is 2.28. The van der Waals surface area contributed by atoms with Crippen LogP contribution in [0.1, 0.15) is 0 Å². The van der Waals surface area contributed by atoms with Crippen molar-refractivity contribution in [2.24, 2.45) is 0 Å². The highest BCUT2D eigenvalue weighted by Crippen LogP contribution is 2.19. The Bertz CT molecular complexity index is 602. The summed E-state index contributed by atoms with van der Waals surface area (Å²) in [5, 5.41) is 10.5. The van der Waals surface area contributed by atoms with E-state index in [1.54, 1.807) is 0 Å². The zero-order chi connectivity index (χ0) is 11.7. The number of H-pyrrole nitrogens is 1. The number of imidazole rings is 1. The van der Waals surface area contributed by atoms with Crippen LogP contribution in [0.2, 0.25) is 0 Å². The molecule has 1 aromatic heterocycles. The first-order valence-corrected chi connectivity index (χ1v) is 4.30. The largest absolute Gasteiger partial charge is 0.330 e. The lowest BCUT2D eigenvalue weighted by atomic mass is 10.2. The Hall–Kier alpha value is -2.44. The highest BCUT2D eigenvalue weighted by molar-refractivity contribution is 5.44. The Morgan fingerprint density at radius 1 is 1.44 bits per heavy atom. The molecule has 0 unspecified atom stereocenters. The summed E-state index contributed by atoms with van der Waals surface area (Å²) in [6, 6.07) is 3.25. The molecule has 0 fully saturated rings. The van der Waals surface area contributed by atoms with Crippen molar-refractivity contribution in [1.29, 1.82) is 0 Å². The van der Waals surface area contributed by atoms with Crippen molar-refractivity contribution in [2.45, 2.75) is 0 Å². The van der Waals surface area contributed by atoms with E-state index >= 15 is 0 Å². The number of halogens is 1. The number of hydrogen-bond donors (Lipinski definition) is 1. The number of nitrogens with one attached hydrogen (secondary N) is 1. The molecule has 1 aromatic carbocycles. The second-order valence-electron chi connectivity index (χ2n) is 3.03. The van der Waals surface area contributed by atoms with Crippen LogP contribution in [0.25, 0.3) is 5.69 Å². The van der Waals surface area contributed by atoms with Crippen LogP contribution in [0.5, 0.6) is 0 Å². The number of nitro benzene ring substituents is 1. The fourth-order valence-corrected chi connectivity index (χ4v) is 1.31. The molecule has 0 aliphatic carbocycles. The van der Waals surface area contributed by atoms with Gasteiger partial charge in [-0.15, -0.1) is 0 Å². The van der Waals surface area contributed by atoms with E-state index in [1.807, 2.05) is 0 Å². The van der Waals surface area contributed by atoms with Crippen LogP contribution in [0.3, 0.4) is 0 Å². The molecule has 0 aliphatic heterocycles. The maximum absolute atomic E-state index is 13.0. The van der Waals surface area contributed by atoms with Crippen molar-refractivity contribution in [3.8, 4) is 5.69 Å². The second kappa shape index (κ2) is 3.61. The van der Waals surface area contributed by atoms with Crippen LogP contribution in [-0.2, 0) is 0 Å². The summed E-state index contributed by atoms with van der Waals surface area (Å²) < 4.78 is 14.2. The average Bonchev–Trinajstić information content (AvgIpc) is 2.65. The Balaban J connectivity index is 2.61. The van der Waals surface area contributed by atoms with Gasteiger partial charge < -0.3 is 4.98 Å². The lowest BCUT2D eigenvalue weighted by Crippen LogP contribution is -2.14. The summed E-state index contributed by atoms with van der Waals surface area (Å²) in [5.74, 6) is -0.933. The molecular weight excluding hydrogens is 217 g/mol. The van der Waals surface area contributed by atoms with Crippen molar-refractivity contribution >= 4 is 5.69 Å². The van der Waals surface area contributed by atoms with E-state index < -0.39 is 22.1 Å². The minimum atomic E-state index is -0.933. The number of aromatic nitrogens is 2. The SMILES string of the molecule is O=c1[nH]ccn1-c1ccc(F)c([N+](=O)[O-])c1. The summed E-state index contributed by atoms with van der Waals surface area (Å²) in [4.78, 5) is 23.3. The predicted molar refractivity (Wildman–Crippen MR) is 53.0 cm³/mol. The quantitative estimate of drug-likeness (QED) is 0.613. The molecule has 0 aliphatic rings. The number of aromatic amines is 1. The van der Waals surface area contributed by atoms with E-state index in [9.17, 15) is 19.3 Å². The molecule has 0 saturated heterocycles. The lowest BCUT2D eigenvalue weighted by molar-refractivity contribution is -0.387. The molecule has 0 amide bonds. The molecular formula is C9H6FN3O3. The second-order valence-corrected chi connectivity index (χ2v) is 3.03. The zero-order valence-electron chi connectivity index (χ0n) is 7.88. The molecule has 1 heterocycles. The van der Waals surface area contributed by atoms with Crippen molar-refractivity contribution in [3.05, 3.63) is 57.0 Å². The fraction of sp³-hybridized carbons (Fsp3) is 0. The first-order valence-electron chi connectivity index (χ1n) is 4.30. The minimum absolute atomic E-state index is 0.236. The van der Waals surface area contributed by atoms with Crippen LogP contribution in [0.15, 0.2) is 35.4 Å². The first kappa shape index (κ1) is 10.1. The summed E-state index contributed by atoms with van der Waals surface area (Å²) in [6.45, 7) is 0. The van der Waals surface area contributed by atoms with E-state index in [1.165, 1.54) is 18.5 Å². The monoisotopic (exact) mass is 223 g/mol. The molecule has 6 nitrogen and oxygen atoms in total. The molecule has 7 heteroatoms. The number of rotatable bonds is 2. The Morgan fingerprint density at radius 2 is 2.19 bits per heavy atom. The van der Waals surface area contributed by atoms with E-state index in [0.717, 1.165) is 16.7 Å². The van der Waals surface area contributed by atoms with Gasteiger partial charge in [0.2, 0.25) is 5.82 Å². The normalized spacial score (nSPS) is 10.3. The highest BCUT2D eigenvalue weighted by Gasteiger charge is 2.15. The van der Waals surface area contributed by atoms with Gasteiger partial charge in [0, 0.05) is 18.5 Å². The van der Waals surface area contributed by atoms with Gasteiger partial charge in [-0.05, 0) is 12.1 Å². The molecule has 0 atom stereocenters. The number of benzene rings is 1. The molecule has 16 heavy (non-hydrogen) atoms. The van der Waals surface area contributed by atoms with E-state index in [0.29, 0.717) is 0 Å². The third kappa shape index (κ3) is 1.58. The van der Waals surface area contributed by atoms with Crippen LogP contribution in [-0.4, -0.2) is 14.5 Å². The molecule has 0 radical (unpaired) electrons. The van der Waals surface area contributed by atoms with Crippen LogP contribution >= 0.6 is 0 Å². The van der Waals surface area contributed by atoms with Gasteiger partial charge in [-0.3, -0.25) is 14.7 Å². The number of nitro groups is 1. The average molecular weight is 223 g/mol. The number of nitrogens with zero attached hydrogens (tertiary/aromatic N) is 2. The molecule has 2 rings (SSSR count). The van der Waals surface area contributed by atoms with Crippen molar-refractivity contribution in [3.63, 3.8) is 0 Å². The molecule has 1 N–H and O–H groups in total. The molecule has 82 valence electrons. The first-order chi connectivity index (χ1) is 7.59. The van der Waals surface area contributed by atoms with Crippen LogP contribution < -0.4 is 5.69 Å². The van der Waals surface area contributed by atoms with Crippen LogP contribution in [0, 0.1) is 15.9 Å². The number of hydrogen-bond acceptors (Lipinski definition) is 3. The van der Waals surface area contributed by atoms with Crippen molar-refractivity contribution < 1.29 is 9.31 Å². The fourth-order valence-electron chi connectivity index (χ4n) is 1.31. The zero-order valence-corrected chi connectivity index (χ0v) is 7.88. The summed E-state index contributed by atoms with van der Waals surface area (Å²) in [7, 11) is 0. The van der Waals surface area contributed by atoms with Crippen molar-refractivity contribution in [2.75, 3.05) is 0 Å². The molecule has 0 bridgehead atoms. The predicted octanol–water partition coefficient (Wildman–Crippen LogP) is 1.21. The third-order valence-corrected chi connectivity index (χ3v) is 2.05. The van der Waals surface area contributed by atoms with Gasteiger partial charge in [-0.1, -0.05) is 0 Å².